The number of hydrogen-bond acceptors (Lipinski definition) is 3. The van der Waals surface area contributed by atoms with E-state index in [4.69, 9.17) is 0 Å². The number of rotatable bonds is 3. The van der Waals surface area contributed by atoms with Crippen molar-refractivity contribution in [2.24, 2.45) is 0 Å². The Bertz CT molecular complexity index is 483. The van der Waals surface area contributed by atoms with Crippen molar-refractivity contribution in [2.45, 2.75) is 26.2 Å². The van der Waals surface area contributed by atoms with E-state index >= 15 is 0 Å². The topological polar surface area (TPSA) is 37.4 Å². The van der Waals surface area contributed by atoms with Crippen molar-refractivity contribution in [2.75, 3.05) is 18.8 Å². The predicted molar refractivity (Wildman–Crippen MR) is 77.8 cm³/mol. The molecule has 2 aliphatic heterocycles. The fourth-order valence-electron chi connectivity index (χ4n) is 2.17. The molecule has 2 rings (SSSR count). The first kappa shape index (κ1) is 13.9. The van der Waals surface area contributed by atoms with Gasteiger partial charge in [0.2, 0.25) is 10.0 Å². The minimum absolute atomic E-state index is 0.507. The van der Waals surface area contributed by atoms with Gasteiger partial charge in [0.05, 0.1) is 4.91 Å². The Hall–Kier alpha value is -0.520. The Morgan fingerprint density at radius 1 is 1.28 bits per heavy atom. The molecule has 18 heavy (non-hydrogen) atoms. The first-order valence-corrected chi connectivity index (χ1v) is 8.79. The summed E-state index contributed by atoms with van der Waals surface area (Å²) in [4.78, 5) is 0.507. The van der Waals surface area contributed by atoms with Gasteiger partial charge < -0.3 is 0 Å². The van der Waals surface area contributed by atoms with Gasteiger partial charge in [0.15, 0.2) is 0 Å². The molecule has 3 nitrogen and oxygen atoms in total. The fourth-order valence-corrected chi connectivity index (χ4v) is 5.26. The summed E-state index contributed by atoms with van der Waals surface area (Å²) in [5.74, 6) is 0.757. The van der Waals surface area contributed by atoms with Gasteiger partial charge in [0, 0.05) is 18.8 Å². The zero-order valence-corrected chi connectivity index (χ0v) is 12.3. The summed E-state index contributed by atoms with van der Waals surface area (Å²) in [5.41, 5.74) is 0.920. The van der Waals surface area contributed by atoms with Gasteiger partial charge in [-0.1, -0.05) is 24.6 Å². The molecule has 0 aliphatic carbocycles. The Morgan fingerprint density at radius 2 is 2.00 bits per heavy atom. The molecule has 0 unspecified atom stereocenters. The summed E-state index contributed by atoms with van der Waals surface area (Å²) in [6.45, 7) is 3.27. The van der Waals surface area contributed by atoms with Crippen LogP contribution in [0, 0.1) is 0 Å². The van der Waals surface area contributed by atoms with Crippen molar-refractivity contribution in [1.29, 1.82) is 0 Å². The van der Waals surface area contributed by atoms with Gasteiger partial charge in [-0.15, -0.1) is 11.8 Å². The lowest BCUT2D eigenvalue weighted by Gasteiger charge is -2.26. The quantitative estimate of drug-likeness (QED) is 0.800. The summed E-state index contributed by atoms with van der Waals surface area (Å²) >= 11 is 1.56. The Balaban J connectivity index is 2.23. The van der Waals surface area contributed by atoms with Crippen molar-refractivity contribution in [3.8, 4) is 0 Å². The number of piperidine rings is 1. The molecule has 0 N–H and O–H groups in total. The largest absolute Gasteiger partial charge is 0.243 e. The average molecular weight is 285 g/mol. The second-order valence-electron chi connectivity index (χ2n) is 4.48. The molecular weight excluding hydrogens is 266 g/mol. The van der Waals surface area contributed by atoms with E-state index in [2.05, 4.69) is 0 Å². The number of sulfonamides is 1. The molecule has 5 heteroatoms. The van der Waals surface area contributed by atoms with E-state index in [1.807, 2.05) is 25.2 Å². The second-order valence-corrected chi connectivity index (χ2v) is 7.24. The second kappa shape index (κ2) is 6.08. The van der Waals surface area contributed by atoms with Crippen LogP contribution in [0.2, 0.25) is 0 Å². The highest BCUT2D eigenvalue weighted by molar-refractivity contribution is 8.04. The van der Waals surface area contributed by atoms with Crippen LogP contribution in [0.3, 0.4) is 0 Å². The van der Waals surface area contributed by atoms with Crippen molar-refractivity contribution in [3.63, 3.8) is 0 Å². The fraction of sp³-hybridized carbons (Fsp3) is 0.538. The summed E-state index contributed by atoms with van der Waals surface area (Å²) in [5, 5.41) is 1.79. The molecule has 0 saturated carbocycles. The highest BCUT2D eigenvalue weighted by atomic mass is 32.2. The normalized spacial score (nSPS) is 24.9. The molecule has 1 fully saturated rings. The van der Waals surface area contributed by atoms with E-state index in [1.54, 1.807) is 21.5 Å². The maximum Gasteiger partial charge on any atom is 0.243 e. The van der Waals surface area contributed by atoms with Gasteiger partial charge in [-0.25, -0.2) is 8.42 Å². The van der Waals surface area contributed by atoms with Crippen LogP contribution >= 0.6 is 11.8 Å². The Morgan fingerprint density at radius 3 is 2.67 bits per heavy atom. The van der Waals surface area contributed by atoms with Gasteiger partial charge in [-0.05, 0) is 30.7 Å². The van der Waals surface area contributed by atoms with Crippen molar-refractivity contribution in [1.82, 2.24) is 4.31 Å². The highest BCUT2D eigenvalue weighted by Gasteiger charge is 2.31. The van der Waals surface area contributed by atoms with Gasteiger partial charge in [-0.3, -0.25) is 0 Å². The molecule has 0 aromatic carbocycles. The molecule has 0 bridgehead atoms. The molecule has 0 aromatic rings. The van der Waals surface area contributed by atoms with Crippen LogP contribution in [0.4, 0.5) is 0 Å². The third kappa shape index (κ3) is 2.90. The number of nitrogens with zero attached hydrogens (tertiary/aromatic N) is 1. The number of hydrogen-bond donors (Lipinski definition) is 0. The average Bonchev–Trinajstić information content (AvgIpc) is 2.86. The maximum absolute atomic E-state index is 12.5. The zero-order valence-electron chi connectivity index (χ0n) is 10.6. The first-order chi connectivity index (χ1) is 8.66. The van der Waals surface area contributed by atoms with E-state index in [0.29, 0.717) is 18.0 Å². The molecule has 0 atom stereocenters. The van der Waals surface area contributed by atoms with E-state index < -0.39 is 10.0 Å². The third-order valence-corrected chi connectivity index (χ3v) is 6.18. The third-order valence-electron chi connectivity index (χ3n) is 3.17. The van der Waals surface area contributed by atoms with Crippen LogP contribution < -0.4 is 0 Å². The highest BCUT2D eigenvalue weighted by Crippen LogP contribution is 2.34. The van der Waals surface area contributed by atoms with Crippen molar-refractivity contribution in [3.05, 3.63) is 34.1 Å². The van der Waals surface area contributed by atoms with Crippen molar-refractivity contribution < 1.29 is 8.42 Å². The molecule has 2 heterocycles. The molecule has 2 aliphatic rings. The summed E-state index contributed by atoms with van der Waals surface area (Å²) in [6, 6.07) is 0. The van der Waals surface area contributed by atoms with E-state index in [-0.39, 0.29) is 0 Å². The SMILES string of the molecule is C/C=C\C=C1/CSC=C1S(=O)(=O)N1CCCCC1. The van der Waals surface area contributed by atoms with Crippen molar-refractivity contribution >= 4 is 21.8 Å². The van der Waals surface area contributed by atoms with Gasteiger partial charge in [-0.2, -0.15) is 4.31 Å². The molecule has 0 amide bonds. The maximum atomic E-state index is 12.5. The molecule has 0 radical (unpaired) electrons. The van der Waals surface area contributed by atoms with E-state index in [9.17, 15) is 8.42 Å². The van der Waals surface area contributed by atoms with Crippen LogP contribution in [0.1, 0.15) is 26.2 Å². The van der Waals surface area contributed by atoms with Crippen LogP contribution in [-0.4, -0.2) is 31.6 Å². The zero-order chi connectivity index (χ0) is 13.0. The van der Waals surface area contributed by atoms with Gasteiger partial charge in [0.1, 0.15) is 0 Å². The number of thioether (sulfide) groups is 1. The van der Waals surface area contributed by atoms with E-state index in [1.165, 1.54) is 0 Å². The van der Waals surface area contributed by atoms with Gasteiger partial charge in [0.25, 0.3) is 0 Å². The standard InChI is InChI=1S/C13H19NO2S2/c1-2-3-7-12-10-17-11-13(12)18(15,16)14-8-5-4-6-9-14/h2-3,7,11H,4-6,8-10H2,1H3/b3-2-,12-7+. The van der Waals surface area contributed by atoms with E-state index in [0.717, 1.165) is 30.6 Å². The lowest BCUT2D eigenvalue weighted by Crippen LogP contribution is -2.36. The monoisotopic (exact) mass is 285 g/mol. The molecule has 0 aromatic heterocycles. The molecule has 100 valence electrons. The molecule has 1 saturated heterocycles. The number of allylic oxidation sites excluding steroid dienone is 4. The Labute approximate surface area is 114 Å². The summed E-state index contributed by atoms with van der Waals surface area (Å²) in [6.07, 6.45) is 8.83. The Kier molecular flexibility index (Phi) is 4.70. The minimum atomic E-state index is -3.27. The van der Waals surface area contributed by atoms with Crippen LogP contribution in [0.15, 0.2) is 34.1 Å². The minimum Gasteiger partial charge on any atom is -0.207 e. The lowest BCUT2D eigenvalue weighted by atomic mass is 10.2. The molecule has 0 spiro atoms. The predicted octanol–water partition coefficient (Wildman–Crippen LogP) is 2.89. The van der Waals surface area contributed by atoms with Gasteiger partial charge >= 0.3 is 0 Å². The first-order valence-electron chi connectivity index (χ1n) is 6.30. The summed E-state index contributed by atoms with van der Waals surface area (Å²) < 4.78 is 26.7. The smallest absolute Gasteiger partial charge is 0.207 e. The van der Waals surface area contributed by atoms with Crippen LogP contribution in [0.25, 0.3) is 0 Å². The molecular formula is C13H19NO2S2. The lowest BCUT2D eigenvalue weighted by molar-refractivity contribution is 0.350. The summed E-state index contributed by atoms with van der Waals surface area (Å²) in [7, 11) is -3.27. The van der Waals surface area contributed by atoms with Crippen LogP contribution in [-0.2, 0) is 10.0 Å². The van der Waals surface area contributed by atoms with Crippen LogP contribution in [0.5, 0.6) is 0 Å².